The number of nitrogens with zero attached hydrogens (tertiary/aromatic N) is 1. The fourth-order valence-electron chi connectivity index (χ4n) is 2.22. The number of carbonyl (C=O) groups is 2. The zero-order valence-electron chi connectivity index (χ0n) is 9.48. The zero-order chi connectivity index (χ0) is 12.1. The molecule has 16 heavy (non-hydrogen) atoms. The quantitative estimate of drug-likeness (QED) is 0.725. The van der Waals surface area contributed by atoms with Crippen LogP contribution in [-0.4, -0.2) is 35.5 Å². The summed E-state index contributed by atoms with van der Waals surface area (Å²) >= 11 is 0. The largest absolute Gasteiger partial charge is 0.481 e. The standard InChI is InChI=1S/C12H17NO3/c1-3-8-13(2)11(14)9-6-4-5-7-10(9)12(15)16/h1,9-10H,4-8H2,2H3,(H,15,16)/t9-,10+/m1/s1. The molecule has 4 heteroatoms. The Balaban J connectivity index is 2.72. The molecule has 0 aromatic heterocycles. The summed E-state index contributed by atoms with van der Waals surface area (Å²) in [6, 6.07) is 0. The van der Waals surface area contributed by atoms with Crippen molar-refractivity contribution in [1.29, 1.82) is 0 Å². The first kappa shape index (κ1) is 12.6. The SMILES string of the molecule is C#CCN(C)C(=O)[C@@H]1CCCC[C@@H]1C(=O)O. The van der Waals surface area contributed by atoms with Crippen molar-refractivity contribution >= 4 is 11.9 Å². The number of carbonyl (C=O) groups excluding carboxylic acids is 1. The first-order chi connectivity index (χ1) is 7.57. The second-order valence-corrected chi connectivity index (χ2v) is 4.23. The van der Waals surface area contributed by atoms with Gasteiger partial charge in [0.25, 0.3) is 0 Å². The number of amides is 1. The number of rotatable bonds is 3. The number of carboxylic acid groups (broad SMARTS) is 1. The summed E-state index contributed by atoms with van der Waals surface area (Å²) in [5.41, 5.74) is 0. The van der Waals surface area contributed by atoms with Gasteiger partial charge in [-0.25, -0.2) is 0 Å². The molecule has 1 fully saturated rings. The van der Waals surface area contributed by atoms with Crippen molar-refractivity contribution in [1.82, 2.24) is 4.90 Å². The minimum atomic E-state index is -0.868. The van der Waals surface area contributed by atoms with E-state index in [1.165, 1.54) is 4.90 Å². The minimum Gasteiger partial charge on any atom is -0.481 e. The van der Waals surface area contributed by atoms with Crippen molar-refractivity contribution in [3.8, 4) is 12.3 Å². The molecule has 0 heterocycles. The third-order valence-corrected chi connectivity index (χ3v) is 3.11. The third kappa shape index (κ3) is 2.75. The zero-order valence-corrected chi connectivity index (χ0v) is 9.48. The van der Waals surface area contributed by atoms with Crippen LogP contribution >= 0.6 is 0 Å². The van der Waals surface area contributed by atoms with Crippen LogP contribution in [0.5, 0.6) is 0 Å². The first-order valence-corrected chi connectivity index (χ1v) is 5.49. The van der Waals surface area contributed by atoms with Crippen LogP contribution in [0.4, 0.5) is 0 Å². The minimum absolute atomic E-state index is 0.134. The van der Waals surface area contributed by atoms with Gasteiger partial charge in [-0.3, -0.25) is 9.59 Å². The van der Waals surface area contributed by atoms with Gasteiger partial charge in [-0.05, 0) is 12.8 Å². The molecular formula is C12H17NO3. The normalized spacial score (nSPS) is 24.5. The molecule has 1 rings (SSSR count). The van der Waals surface area contributed by atoms with E-state index in [1.807, 2.05) is 0 Å². The number of hydrogen-bond acceptors (Lipinski definition) is 2. The topological polar surface area (TPSA) is 57.6 Å². The summed E-state index contributed by atoms with van der Waals surface area (Å²) < 4.78 is 0. The summed E-state index contributed by atoms with van der Waals surface area (Å²) in [5.74, 6) is 0.448. The predicted octanol–water partition coefficient (Wildman–Crippen LogP) is 0.969. The summed E-state index contributed by atoms with van der Waals surface area (Å²) in [6.45, 7) is 0.238. The van der Waals surface area contributed by atoms with Gasteiger partial charge in [-0.15, -0.1) is 6.42 Å². The van der Waals surface area contributed by atoms with Crippen LogP contribution in [-0.2, 0) is 9.59 Å². The number of hydrogen-bond donors (Lipinski definition) is 1. The Kier molecular flexibility index (Phi) is 4.36. The van der Waals surface area contributed by atoms with Crippen molar-refractivity contribution in [2.45, 2.75) is 25.7 Å². The van der Waals surface area contributed by atoms with Crippen LogP contribution in [0.15, 0.2) is 0 Å². The van der Waals surface area contributed by atoms with Crippen LogP contribution in [0, 0.1) is 24.2 Å². The molecule has 1 N–H and O–H groups in total. The molecule has 88 valence electrons. The summed E-state index contributed by atoms with van der Waals surface area (Å²) in [4.78, 5) is 24.4. The van der Waals surface area contributed by atoms with E-state index in [1.54, 1.807) is 7.05 Å². The van der Waals surface area contributed by atoms with E-state index in [-0.39, 0.29) is 12.5 Å². The maximum atomic E-state index is 12.0. The van der Waals surface area contributed by atoms with Crippen molar-refractivity contribution < 1.29 is 14.7 Å². The highest BCUT2D eigenvalue weighted by Gasteiger charge is 2.36. The Morgan fingerprint density at radius 1 is 1.38 bits per heavy atom. The predicted molar refractivity (Wildman–Crippen MR) is 59.6 cm³/mol. The van der Waals surface area contributed by atoms with E-state index in [0.717, 1.165) is 12.8 Å². The lowest BCUT2D eigenvalue weighted by Gasteiger charge is -2.30. The number of terminal acetylenes is 1. The second kappa shape index (κ2) is 5.55. The van der Waals surface area contributed by atoms with Crippen LogP contribution in [0.25, 0.3) is 0 Å². The molecule has 1 saturated carbocycles. The Morgan fingerprint density at radius 2 is 1.94 bits per heavy atom. The van der Waals surface area contributed by atoms with E-state index in [2.05, 4.69) is 5.92 Å². The van der Waals surface area contributed by atoms with Gasteiger partial charge in [-0.2, -0.15) is 0 Å². The van der Waals surface area contributed by atoms with E-state index >= 15 is 0 Å². The van der Waals surface area contributed by atoms with Gasteiger partial charge in [0.1, 0.15) is 0 Å². The smallest absolute Gasteiger partial charge is 0.307 e. The second-order valence-electron chi connectivity index (χ2n) is 4.23. The fraction of sp³-hybridized carbons (Fsp3) is 0.667. The monoisotopic (exact) mass is 223 g/mol. The average molecular weight is 223 g/mol. The van der Waals surface area contributed by atoms with Crippen LogP contribution in [0.1, 0.15) is 25.7 Å². The molecule has 1 aliphatic carbocycles. The van der Waals surface area contributed by atoms with Crippen LogP contribution in [0.2, 0.25) is 0 Å². The van der Waals surface area contributed by atoms with Gasteiger partial charge >= 0.3 is 5.97 Å². The summed E-state index contributed by atoms with van der Waals surface area (Å²) in [5, 5.41) is 9.06. The van der Waals surface area contributed by atoms with Gasteiger partial charge in [0.05, 0.1) is 18.4 Å². The highest BCUT2D eigenvalue weighted by atomic mass is 16.4. The van der Waals surface area contributed by atoms with Crippen molar-refractivity contribution in [2.24, 2.45) is 11.8 Å². The summed E-state index contributed by atoms with van der Waals surface area (Å²) in [7, 11) is 1.62. The average Bonchev–Trinajstić information content (AvgIpc) is 2.28. The molecule has 4 nitrogen and oxygen atoms in total. The lowest BCUT2D eigenvalue weighted by molar-refractivity contribution is -0.151. The van der Waals surface area contributed by atoms with Crippen molar-refractivity contribution in [3.05, 3.63) is 0 Å². The van der Waals surface area contributed by atoms with Gasteiger partial charge in [0.15, 0.2) is 0 Å². The molecule has 0 spiro atoms. The van der Waals surface area contributed by atoms with Crippen LogP contribution < -0.4 is 0 Å². The Labute approximate surface area is 95.6 Å². The lowest BCUT2D eigenvalue weighted by atomic mass is 9.78. The number of aliphatic carboxylic acids is 1. The molecule has 1 amide bonds. The molecule has 1 aliphatic rings. The first-order valence-electron chi connectivity index (χ1n) is 5.49. The van der Waals surface area contributed by atoms with Gasteiger partial charge in [-0.1, -0.05) is 18.8 Å². The lowest BCUT2D eigenvalue weighted by Crippen LogP contribution is -2.40. The van der Waals surface area contributed by atoms with Gasteiger partial charge in [0, 0.05) is 7.05 Å². The molecule has 0 bridgehead atoms. The van der Waals surface area contributed by atoms with Crippen molar-refractivity contribution in [3.63, 3.8) is 0 Å². The maximum absolute atomic E-state index is 12.0. The molecule has 0 unspecified atom stereocenters. The van der Waals surface area contributed by atoms with Crippen molar-refractivity contribution in [2.75, 3.05) is 13.6 Å². The highest BCUT2D eigenvalue weighted by molar-refractivity contribution is 5.85. The molecule has 0 saturated heterocycles. The fourth-order valence-corrected chi connectivity index (χ4v) is 2.22. The number of carboxylic acids is 1. The molecule has 0 aromatic rings. The van der Waals surface area contributed by atoms with E-state index in [4.69, 9.17) is 11.5 Å². The Hall–Kier alpha value is -1.50. The molecule has 2 atom stereocenters. The van der Waals surface area contributed by atoms with E-state index in [0.29, 0.717) is 12.8 Å². The van der Waals surface area contributed by atoms with E-state index in [9.17, 15) is 9.59 Å². The Bertz CT molecular complexity index is 319. The van der Waals surface area contributed by atoms with Gasteiger partial charge in [0.2, 0.25) is 5.91 Å². The summed E-state index contributed by atoms with van der Waals surface area (Å²) in [6.07, 6.45) is 8.19. The molecule has 0 radical (unpaired) electrons. The molecular weight excluding hydrogens is 206 g/mol. The van der Waals surface area contributed by atoms with E-state index < -0.39 is 17.8 Å². The molecule has 0 aromatic carbocycles. The Morgan fingerprint density at radius 3 is 2.44 bits per heavy atom. The van der Waals surface area contributed by atoms with Gasteiger partial charge < -0.3 is 10.0 Å². The maximum Gasteiger partial charge on any atom is 0.307 e. The molecule has 0 aliphatic heterocycles. The third-order valence-electron chi connectivity index (χ3n) is 3.11. The highest BCUT2D eigenvalue weighted by Crippen LogP contribution is 2.31. The van der Waals surface area contributed by atoms with Crippen LogP contribution in [0.3, 0.4) is 0 Å².